The van der Waals surface area contributed by atoms with Crippen LogP contribution in [0.1, 0.15) is 25.1 Å². The summed E-state index contributed by atoms with van der Waals surface area (Å²) in [6.45, 7) is 5.68. The van der Waals surface area contributed by atoms with Gasteiger partial charge in [-0.2, -0.15) is 9.78 Å². The molecule has 5 aromatic rings. The van der Waals surface area contributed by atoms with Gasteiger partial charge >= 0.3 is 5.97 Å². The smallest absolute Gasteiger partial charge is 0.326 e. The van der Waals surface area contributed by atoms with E-state index in [0.29, 0.717) is 16.7 Å². The molecule has 0 spiro atoms. The Bertz CT molecular complexity index is 1660. The molecule has 0 aliphatic carbocycles. The maximum Gasteiger partial charge on any atom is 0.326 e. The van der Waals surface area contributed by atoms with Crippen molar-refractivity contribution in [3.63, 3.8) is 0 Å². The van der Waals surface area contributed by atoms with Crippen molar-refractivity contribution in [3.8, 4) is 11.4 Å². The van der Waals surface area contributed by atoms with E-state index in [4.69, 9.17) is 9.72 Å². The van der Waals surface area contributed by atoms with Gasteiger partial charge in [-0.3, -0.25) is 9.59 Å². The average Bonchev–Trinajstić information content (AvgIpc) is 3.14. The molecule has 0 aliphatic rings. The molecule has 0 saturated heterocycles. The van der Waals surface area contributed by atoms with Gasteiger partial charge in [0.15, 0.2) is 5.82 Å². The quantitative estimate of drug-likeness (QED) is 0.249. The first-order valence-corrected chi connectivity index (χ1v) is 11.8. The van der Waals surface area contributed by atoms with Crippen LogP contribution in [-0.2, 0) is 16.1 Å². The molecule has 3 aromatic carbocycles. The third kappa shape index (κ3) is 4.31. The number of fused-ring (bicyclic) bond motifs is 2. The maximum atomic E-state index is 13.5. The van der Waals surface area contributed by atoms with Crippen molar-refractivity contribution in [1.29, 1.82) is 0 Å². The molecule has 0 saturated carbocycles. The lowest BCUT2D eigenvalue weighted by Crippen LogP contribution is -2.20. The SMILES string of the molecule is Cc1c(C=Nn2c(-c3ccccc3)nc3ccccc3c2=O)c2ccccc2n1CC(=O)OC(C)C. The summed E-state index contributed by atoms with van der Waals surface area (Å²) in [4.78, 5) is 30.7. The highest BCUT2D eigenvalue weighted by atomic mass is 16.5. The van der Waals surface area contributed by atoms with Crippen LogP contribution >= 0.6 is 0 Å². The van der Waals surface area contributed by atoms with E-state index in [9.17, 15) is 9.59 Å². The van der Waals surface area contributed by atoms with Gasteiger partial charge in [-0.15, -0.1) is 0 Å². The van der Waals surface area contributed by atoms with E-state index in [-0.39, 0.29) is 24.2 Å². The molecule has 5 rings (SSSR count). The van der Waals surface area contributed by atoms with E-state index in [1.54, 1.807) is 12.3 Å². The van der Waals surface area contributed by atoms with Crippen LogP contribution in [0.15, 0.2) is 88.8 Å². The molecule has 180 valence electrons. The Labute approximate surface area is 208 Å². The topological polar surface area (TPSA) is 78.5 Å². The Hall–Kier alpha value is -4.52. The van der Waals surface area contributed by atoms with Crippen molar-refractivity contribution >= 4 is 34.0 Å². The van der Waals surface area contributed by atoms with Crippen molar-refractivity contribution in [2.24, 2.45) is 5.10 Å². The predicted molar refractivity (Wildman–Crippen MR) is 142 cm³/mol. The number of ether oxygens (including phenoxy) is 1. The summed E-state index contributed by atoms with van der Waals surface area (Å²) in [5.41, 5.74) is 3.71. The van der Waals surface area contributed by atoms with E-state index in [1.165, 1.54) is 4.68 Å². The summed E-state index contributed by atoms with van der Waals surface area (Å²) >= 11 is 0. The molecule has 0 fully saturated rings. The lowest BCUT2D eigenvalue weighted by Gasteiger charge is -2.11. The fourth-order valence-electron chi connectivity index (χ4n) is 4.37. The van der Waals surface area contributed by atoms with Gasteiger partial charge in [-0.25, -0.2) is 4.98 Å². The van der Waals surface area contributed by atoms with Crippen LogP contribution in [0.3, 0.4) is 0 Å². The number of carbonyl (C=O) groups is 1. The second-order valence-electron chi connectivity index (χ2n) is 8.82. The molecular weight excluding hydrogens is 452 g/mol. The molecule has 7 heteroatoms. The van der Waals surface area contributed by atoms with Gasteiger partial charge in [0.2, 0.25) is 0 Å². The zero-order valence-electron chi connectivity index (χ0n) is 20.4. The van der Waals surface area contributed by atoms with Crippen molar-refractivity contribution in [3.05, 3.63) is 100 Å². The van der Waals surface area contributed by atoms with Gasteiger partial charge in [0, 0.05) is 27.7 Å². The number of hydrogen-bond acceptors (Lipinski definition) is 5. The molecule has 0 aliphatic heterocycles. The largest absolute Gasteiger partial charge is 0.462 e. The Balaban J connectivity index is 1.66. The molecular formula is C29H26N4O3. The van der Waals surface area contributed by atoms with Crippen LogP contribution in [0.2, 0.25) is 0 Å². The first-order valence-electron chi connectivity index (χ1n) is 11.8. The number of para-hydroxylation sites is 2. The number of rotatable bonds is 6. The Morgan fingerprint density at radius 2 is 1.64 bits per heavy atom. The first kappa shape index (κ1) is 23.2. The van der Waals surface area contributed by atoms with Gasteiger partial charge in [0.1, 0.15) is 6.54 Å². The van der Waals surface area contributed by atoms with Gasteiger partial charge in [-0.05, 0) is 39.0 Å². The Morgan fingerprint density at radius 1 is 0.972 bits per heavy atom. The summed E-state index contributed by atoms with van der Waals surface area (Å²) in [6.07, 6.45) is 1.48. The lowest BCUT2D eigenvalue weighted by atomic mass is 10.1. The molecule has 0 amide bonds. The number of aromatic nitrogens is 3. The number of benzene rings is 3. The van der Waals surface area contributed by atoms with E-state index < -0.39 is 0 Å². The van der Waals surface area contributed by atoms with Gasteiger partial charge < -0.3 is 9.30 Å². The van der Waals surface area contributed by atoms with Crippen LogP contribution in [-0.4, -0.2) is 32.5 Å². The molecule has 7 nitrogen and oxygen atoms in total. The van der Waals surface area contributed by atoms with E-state index in [2.05, 4.69) is 5.10 Å². The van der Waals surface area contributed by atoms with Crippen LogP contribution in [0.25, 0.3) is 33.2 Å². The minimum atomic E-state index is -0.307. The fraction of sp³-hybridized carbons (Fsp3) is 0.172. The summed E-state index contributed by atoms with van der Waals surface area (Å²) in [5, 5.41) is 6.06. The monoisotopic (exact) mass is 478 g/mol. The van der Waals surface area contributed by atoms with Crippen LogP contribution in [0, 0.1) is 6.92 Å². The van der Waals surface area contributed by atoms with Crippen molar-refractivity contribution < 1.29 is 9.53 Å². The Kier molecular flexibility index (Phi) is 6.21. The molecule has 0 N–H and O–H groups in total. The van der Waals surface area contributed by atoms with Crippen molar-refractivity contribution in [2.75, 3.05) is 0 Å². The fourth-order valence-corrected chi connectivity index (χ4v) is 4.37. The van der Waals surface area contributed by atoms with Crippen LogP contribution in [0.4, 0.5) is 0 Å². The summed E-state index contributed by atoms with van der Waals surface area (Å²) in [6, 6.07) is 24.6. The second kappa shape index (κ2) is 9.62. The minimum absolute atomic E-state index is 0.0884. The summed E-state index contributed by atoms with van der Waals surface area (Å²) in [5.74, 6) is 0.149. The van der Waals surface area contributed by atoms with Gasteiger partial charge in [-0.1, -0.05) is 60.7 Å². The first-order chi connectivity index (χ1) is 17.4. The molecule has 36 heavy (non-hydrogen) atoms. The van der Waals surface area contributed by atoms with E-state index in [1.807, 2.05) is 98.1 Å². The van der Waals surface area contributed by atoms with E-state index in [0.717, 1.165) is 27.7 Å². The van der Waals surface area contributed by atoms with Gasteiger partial charge in [0.05, 0.1) is 23.2 Å². The zero-order valence-corrected chi connectivity index (χ0v) is 20.4. The second-order valence-corrected chi connectivity index (χ2v) is 8.82. The van der Waals surface area contributed by atoms with Crippen molar-refractivity contribution in [2.45, 2.75) is 33.4 Å². The van der Waals surface area contributed by atoms with Crippen LogP contribution < -0.4 is 5.56 Å². The van der Waals surface area contributed by atoms with E-state index >= 15 is 0 Å². The number of carbonyl (C=O) groups excluding carboxylic acids is 1. The highest BCUT2D eigenvalue weighted by Crippen LogP contribution is 2.25. The molecule has 0 bridgehead atoms. The molecule has 0 radical (unpaired) electrons. The average molecular weight is 479 g/mol. The lowest BCUT2D eigenvalue weighted by molar-refractivity contribution is -0.148. The Morgan fingerprint density at radius 3 is 2.39 bits per heavy atom. The molecule has 0 atom stereocenters. The highest BCUT2D eigenvalue weighted by molar-refractivity contribution is 6.01. The molecule has 0 unspecified atom stereocenters. The number of nitrogens with zero attached hydrogens (tertiary/aromatic N) is 4. The number of hydrogen-bond donors (Lipinski definition) is 0. The third-order valence-corrected chi connectivity index (χ3v) is 6.02. The maximum absolute atomic E-state index is 13.5. The van der Waals surface area contributed by atoms with Crippen molar-refractivity contribution in [1.82, 2.24) is 14.2 Å². The molecule has 2 aromatic heterocycles. The predicted octanol–water partition coefficient (Wildman–Crippen LogP) is 5.16. The zero-order chi connectivity index (χ0) is 25.2. The normalized spacial score (nSPS) is 11.7. The van der Waals surface area contributed by atoms with Crippen LogP contribution in [0.5, 0.6) is 0 Å². The van der Waals surface area contributed by atoms with Gasteiger partial charge in [0.25, 0.3) is 5.56 Å². The third-order valence-electron chi connectivity index (χ3n) is 6.02. The standard InChI is InChI=1S/C29H26N4O3/c1-19(2)36-27(34)18-32-20(3)24(22-13-8-10-16-26(22)32)17-30-33-28(21-11-5-4-6-12-21)31-25-15-9-7-14-23(25)29(33)35/h4-17,19H,18H2,1-3H3. The minimum Gasteiger partial charge on any atom is -0.462 e. The summed E-state index contributed by atoms with van der Waals surface area (Å²) < 4.78 is 8.63. The number of esters is 1. The highest BCUT2D eigenvalue weighted by Gasteiger charge is 2.17. The molecule has 2 heterocycles. The summed E-state index contributed by atoms with van der Waals surface area (Å²) in [7, 11) is 0.